The highest BCUT2D eigenvalue weighted by molar-refractivity contribution is 5.26. The molecule has 0 aliphatic heterocycles. The van der Waals surface area contributed by atoms with Crippen LogP contribution in [0.1, 0.15) is 100 Å². The standard InChI is InChI=1S/C20H42O3.CHNO/c1-9-10-11-12-13-14-15-19(8)20(21-16(2)3,22-17(4)5)23-18(6)7;2-1-3/h16-19H,9-15H2,1-8H3;2H. The average molecular weight is 374 g/mol. The summed E-state index contributed by atoms with van der Waals surface area (Å²) < 4.78 is 18.5. The van der Waals surface area contributed by atoms with Crippen molar-refractivity contribution < 1.29 is 19.0 Å². The van der Waals surface area contributed by atoms with Crippen LogP contribution in [0.3, 0.4) is 0 Å². The monoisotopic (exact) mass is 373 g/mol. The molecule has 5 nitrogen and oxygen atoms in total. The van der Waals surface area contributed by atoms with Crippen LogP contribution >= 0.6 is 0 Å². The fourth-order valence-electron chi connectivity index (χ4n) is 2.83. The van der Waals surface area contributed by atoms with Crippen molar-refractivity contribution in [3.05, 3.63) is 0 Å². The predicted molar refractivity (Wildman–Crippen MR) is 107 cm³/mol. The molecule has 1 unspecified atom stereocenters. The van der Waals surface area contributed by atoms with Gasteiger partial charge in [-0.1, -0.05) is 52.4 Å². The van der Waals surface area contributed by atoms with E-state index in [2.05, 4.69) is 13.8 Å². The van der Waals surface area contributed by atoms with Gasteiger partial charge in [0.15, 0.2) is 0 Å². The third-order valence-corrected chi connectivity index (χ3v) is 3.79. The second-order valence-electron chi connectivity index (χ2n) is 7.66. The molecule has 1 atom stereocenters. The second kappa shape index (κ2) is 16.4. The summed E-state index contributed by atoms with van der Waals surface area (Å²) in [6, 6.07) is 0. The maximum Gasteiger partial charge on any atom is 0.286 e. The van der Waals surface area contributed by atoms with Crippen molar-refractivity contribution in [2.24, 2.45) is 5.92 Å². The van der Waals surface area contributed by atoms with E-state index in [1.165, 1.54) is 38.5 Å². The molecule has 0 aliphatic carbocycles. The van der Waals surface area contributed by atoms with Gasteiger partial charge in [0.2, 0.25) is 6.08 Å². The third kappa shape index (κ3) is 14.4. The van der Waals surface area contributed by atoms with Crippen LogP contribution < -0.4 is 0 Å². The number of isocyanates is 1. The van der Waals surface area contributed by atoms with Crippen molar-refractivity contribution in [2.45, 2.75) is 125 Å². The van der Waals surface area contributed by atoms with Gasteiger partial charge >= 0.3 is 0 Å². The first-order chi connectivity index (χ1) is 12.1. The summed E-state index contributed by atoms with van der Waals surface area (Å²) in [6.45, 7) is 16.7. The lowest BCUT2D eigenvalue weighted by Crippen LogP contribution is -2.50. The van der Waals surface area contributed by atoms with Crippen LogP contribution in [0.5, 0.6) is 0 Å². The van der Waals surface area contributed by atoms with Crippen molar-refractivity contribution in [3.63, 3.8) is 0 Å². The Balaban J connectivity index is 0. The number of hydrogen-bond acceptors (Lipinski definition) is 5. The minimum atomic E-state index is -0.931. The smallest absolute Gasteiger partial charge is 0.286 e. The lowest BCUT2D eigenvalue weighted by atomic mass is 9.99. The largest absolute Gasteiger partial charge is 0.324 e. The summed E-state index contributed by atoms with van der Waals surface area (Å²) in [5.74, 6) is -0.721. The molecule has 0 heterocycles. The molecule has 5 heteroatoms. The first-order valence-corrected chi connectivity index (χ1v) is 10.2. The Labute approximate surface area is 161 Å². The highest BCUT2D eigenvalue weighted by Crippen LogP contribution is 2.33. The van der Waals surface area contributed by atoms with E-state index in [1.807, 2.05) is 41.5 Å². The molecule has 0 aliphatic rings. The Kier molecular flexibility index (Phi) is 17.4. The Morgan fingerprint density at radius 3 is 1.46 bits per heavy atom. The number of unbranched alkanes of at least 4 members (excludes halogenated alkanes) is 5. The quantitative estimate of drug-likeness (QED) is 0.170. The van der Waals surface area contributed by atoms with Crippen molar-refractivity contribution >= 4 is 6.08 Å². The van der Waals surface area contributed by atoms with Crippen molar-refractivity contribution in [1.82, 2.24) is 0 Å². The summed E-state index contributed by atoms with van der Waals surface area (Å²) >= 11 is 0. The zero-order valence-electron chi connectivity index (χ0n) is 18.4. The fourth-order valence-corrected chi connectivity index (χ4v) is 2.83. The van der Waals surface area contributed by atoms with Gasteiger partial charge in [0.25, 0.3) is 5.97 Å². The van der Waals surface area contributed by atoms with Gasteiger partial charge in [-0.2, -0.15) is 0 Å². The van der Waals surface area contributed by atoms with Gasteiger partial charge < -0.3 is 14.2 Å². The van der Waals surface area contributed by atoms with Gasteiger partial charge in [-0.3, -0.25) is 0 Å². The van der Waals surface area contributed by atoms with E-state index in [-0.39, 0.29) is 24.2 Å². The molecule has 0 radical (unpaired) electrons. The van der Waals surface area contributed by atoms with Crippen LogP contribution in [-0.4, -0.2) is 30.4 Å². The molecule has 1 N–H and O–H groups in total. The number of hydrogen-bond donors (Lipinski definition) is 1. The van der Waals surface area contributed by atoms with Crippen LogP contribution in [0.25, 0.3) is 0 Å². The summed E-state index contributed by atoms with van der Waals surface area (Å²) in [5, 5.41) is 5.40. The lowest BCUT2D eigenvalue weighted by Gasteiger charge is -2.41. The van der Waals surface area contributed by atoms with Crippen LogP contribution in [0.15, 0.2) is 0 Å². The lowest BCUT2D eigenvalue weighted by molar-refractivity contribution is -0.430. The SMILES string of the molecule is CCCCCCCCC(C)C(OC(C)C)(OC(C)C)OC(C)C.N=C=O. The third-order valence-electron chi connectivity index (χ3n) is 3.79. The highest BCUT2D eigenvalue weighted by atomic mass is 16.9. The van der Waals surface area contributed by atoms with E-state index in [1.54, 1.807) is 0 Å². The summed E-state index contributed by atoms with van der Waals surface area (Å²) in [6.07, 6.45) is 9.84. The summed E-state index contributed by atoms with van der Waals surface area (Å²) in [7, 11) is 0. The van der Waals surface area contributed by atoms with Gasteiger partial charge in [-0.05, 0) is 48.0 Å². The Hall–Kier alpha value is -0.740. The van der Waals surface area contributed by atoms with Gasteiger partial charge in [0.05, 0.1) is 18.3 Å². The van der Waals surface area contributed by atoms with E-state index >= 15 is 0 Å². The zero-order valence-corrected chi connectivity index (χ0v) is 18.4. The molecule has 156 valence electrons. The molecule has 0 fully saturated rings. The number of ether oxygens (including phenoxy) is 3. The number of nitrogens with one attached hydrogen (secondary N) is 1. The number of rotatable bonds is 14. The number of carbonyl (C=O) groups excluding carboxylic acids is 1. The Morgan fingerprint density at radius 1 is 0.769 bits per heavy atom. The topological polar surface area (TPSA) is 68.6 Å². The van der Waals surface area contributed by atoms with E-state index in [0.717, 1.165) is 12.5 Å². The summed E-state index contributed by atoms with van der Waals surface area (Å²) in [5.41, 5.74) is 0. The Morgan fingerprint density at radius 2 is 1.12 bits per heavy atom. The van der Waals surface area contributed by atoms with Gasteiger partial charge in [0, 0.05) is 5.92 Å². The molecule has 0 bridgehead atoms. The molecule has 0 spiro atoms. The second-order valence-corrected chi connectivity index (χ2v) is 7.66. The molecular formula is C21H43NO4. The minimum Gasteiger partial charge on any atom is -0.324 e. The van der Waals surface area contributed by atoms with Gasteiger partial charge in [-0.15, -0.1) is 0 Å². The predicted octanol–water partition coefficient (Wildman–Crippen LogP) is 6.20. The molecule has 0 aromatic rings. The maximum atomic E-state index is 8.35. The van der Waals surface area contributed by atoms with Crippen molar-refractivity contribution in [2.75, 3.05) is 0 Å². The van der Waals surface area contributed by atoms with E-state index in [0.29, 0.717) is 0 Å². The van der Waals surface area contributed by atoms with Crippen LogP contribution in [-0.2, 0) is 19.0 Å². The molecule has 26 heavy (non-hydrogen) atoms. The van der Waals surface area contributed by atoms with Crippen molar-refractivity contribution in [3.8, 4) is 0 Å². The average Bonchev–Trinajstić information content (AvgIpc) is 2.49. The molecule has 0 aromatic carbocycles. The van der Waals surface area contributed by atoms with E-state index in [4.69, 9.17) is 24.4 Å². The maximum absolute atomic E-state index is 8.35. The van der Waals surface area contributed by atoms with Gasteiger partial charge in [-0.25, -0.2) is 10.2 Å². The summed E-state index contributed by atoms with van der Waals surface area (Å²) in [4.78, 5) is 8.35. The molecular weight excluding hydrogens is 330 g/mol. The van der Waals surface area contributed by atoms with E-state index < -0.39 is 5.97 Å². The highest BCUT2D eigenvalue weighted by Gasteiger charge is 2.42. The van der Waals surface area contributed by atoms with Crippen LogP contribution in [0.4, 0.5) is 0 Å². The van der Waals surface area contributed by atoms with Crippen LogP contribution in [0, 0.1) is 11.3 Å². The van der Waals surface area contributed by atoms with Gasteiger partial charge in [0.1, 0.15) is 0 Å². The zero-order chi connectivity index (χ0) is 20.6. The van der Waals surface area contributed by atoms with E-state index in [9.17, 15) is 0 Å². The molecule has 0 saturated heterocycles. The Bertz CT molecular complexity index is 323. The first-order valence-electron chi connectivity index (χ1n) is 10.2. The molecule has 0 amide bonds. The minimum absolute atomic E-state index is 0.0690. The van der Waals surface area contributed by atoms with Crippen LogP contribution in [0.2, 0.25) is 0 Å². The molecule has 0 saturated carbocycles. The van der Waals surface area contributed by atoms with Crippen molar-refractivity contribution in [1.29, 1.82) is 5.41 Å². The fraction of sp³-hybridized carbons (Fsp3) is 0.952. The normalized spacial score (nSPS) is 12.9. The first kappa shape index (κ1) is 27.5. The molecule has 0 rings (SSSR count). The molecule has 0 aromatic heterocycles.